The summed E-state index contributed by atoms with van der Waals surface area (Å²) >= 11 is 0. The first-order valence-corrected chi connectivity index (χ1v) is 8.42. The topological polar surface area (TPSA) is 101 Å². The molecule has 0 aliphatic rings. The van der Waals surface area contributed by atoms with Gasteiger partial charge in [-0.3, -0.25) is 9.78 Å². The quantitative estimate of drug-likeness (QED) is 0.528. The molecule has 27 heavy (non-hydrogen) atoms. The molecule has 0 atom stereocenters. The van der Waals surface area contributed by atoms with Crippen molar-refractivity contribution in [1.29, 1.82) is 0 Å². The average molecular weight is 364 g/mol. The number of ether oxygens (including phenoxy) is 1. The number of carbonyl (C=O) groups is 1. The van der Waals surface area contributed by atoms with Gasteiger partial charge in [0.05, 0.1) is 24.6 Å². The molecule has 1 aromatic carbocycles. The number of anilines is 3. The summed E-state index contributed by atoms with van der Waals surface area (Å²) in [5, 5.41) is 17.3. The highest BCUT2D eigenvalue weighted by Gasteiger charge is 2.10. The molecule has 0 spiro atoms. The third kappa shape index (κ3) is 5.15. The standard InChI is InChI=1S/C19H20N6O2/c1-27-16-7-3-2-6-15(16)19(26)22-12-11-21-17-8-9-18(25-24-17)23-14-5-4-10-20-13-14/h2-10,13H,11-12H2,1H3,(H,21,24)(H,22,26)(H,23,25). The molecule has 2 heterocycles. The van der Waals surface area contributed by atoms with E-state index in [0.29, 0.717) is 36.0 Å². The smallest absolute Gasteiger partial charge is 0.255 e. The van der Waals surface area contributed by atoms with Gasteiger partial charge in [0, 0.05) is 19.3 Å². The first kappa shape index (κ1) is 18.1. The number of pyridine rings is 1. The van der Waals surface area contributed by atoms with Gasteiger partial charge < -0.3 is 20.7 Å². The summed E-state index contributed by atoms with van der Waals surface area (Å²) in [5.74, 6) is 1.61. The molecule has 0 radical (unpaired) electrons. The SMILES string of the molecule is COc1ccccc1C(=O)NCCNc1ccc(Nc2cccnc2)nn1. The van der Waals surface area contributed by atoms with Crippen LogP contribution in [0.15, 0.2) is 60.9 Å². The van der Waals surface area contributed by atoms with Crippen LogP contribution < -0.4 is 20.7 Å². The third-order valence-corrected chi connectivity index (χ3v) is 3.67. The number of rotatable bonds is 8. The van der Waals surface area contributed by atoms with Crippen molar-refractivity contribution in [3.05, 3.63) is 66.5 Å². The summed E-state index contributed by atoms with van der Waals surface area (Å²) < 4.78 is 5.19. The van der Waals surface area contributed by atoms with Gasteiger partial charge in [0.25, 0.3) is 5.91 Å². The Kier molecular flexibility index (Phi) is 6.13. The highest BCUT2D eigenvalue weighted by atomic mass is 16.5. The number of carbonyl (C=O) groups excluding carboxylic acids is 1. The number of aromatic nitrogens is 3. The molecule has 138 valence electrons. The molecule has 8 nitrogen and oxygen atoms in total. The molecule has 3 N–H and O–H groups in total. The van der Waals surface area contributed by atoms with Crippen LogP contribution in [-0.2, 0) is 0 Å². The molecule has 3 aromatic rings. The van der Waals surface area contributed by atoms with E-state index in [2.05, 4.69) is 31.1 Å². The van der Waals surface area contributed by atoms with Gasteiger partial charge in [0.15, 0.2) is 5.82 Å². The number of benzene rings is 1. The number of para-hydroxylation sites is 1. The predicted molar refractivity (Wildman–Crippen MR) is 103 cm³/mol. The molecule has 0 saturated heterocycles. The number of hydrogen-bond donors (Lipinski definition) is 3. The monoisotopic (exact) mass is 364 g/mol. The Hall–Kier alpha value is -3.68. The highest BCUT2D eigenvalue weighted by molar-refractivity contribution is 5.96. The summed E-state index contributed by atoms with van der Waals surface area (Å²) in [6, 6.07) is 14.5. The first-order chi connectivity index (χ1) is 13.3. The lowest BCUT2D eigenvalue weighted by Crippen LogP contribution is -2.29. The lowest BCUT2D eigenvalue weighted by molar-refractivity contribution is 0.0952. The normalized spacial score (nSPS) is 10.1. The van der Waals surface area contributed by atoms with Crippen LogP contribution in [0.2, 0.25) is 0 Å². The van der Waals surface area contributed by atoms with E-state index in [1.54, 1.807) is 37.7 Å². The van der Waals surface area contributed by atoms with Gasteiger partial charge in [0.1, 0.15) is 11.6 Å². The Balaban J connectivity index is 1.44. The molecular weight excluding hydrogens is 344 g/mol. The molecular formula is C19H20N6O2. The molecule has 2 aromatic heterocycles. The average Bonchev–Trinajstić information content (AvgIpc) is 2.73. The summed E-state index contributed by atoms with van der Waals surface area (Å²) in [7, 11) is 1.54. The number of nitrogens with zero attached hydrogens (tertiary/aromatic N) is 3. The van der Waals surface area contributed by atoms with Gasteiger partial charge in [-0.1, -0.05) is 12.1 Å². The maximum absolute atomic E-state index is 12.2. The number of hydrogen-bond acceptors (Lipinski definition) is 7. The molecule has 0 bridgehead atoms. The van der Waals surface area contributed by atoms with Crippen molar-refractivity contribution >= 4 is 23.2 Å². The molecule has 0 aliphatic carbocycles. The molecule has 8 heteroatoms. The van der Waals surface area contributed by atoms with Crippen molar-refractivity contribution in [2.45, 2.75) is 0 Å². The highest BCUT2D eigenvalue weighted by Crippen LogP contribution is 2.16. The van der Waals surface area contributed by atoms with Crippen LogP contribution in [0.3, 0.4) is 0 Å². The van der Waals surface area contributed by atoms with E-state index in [4.69, 9.17) is 4.74 Å². The van der Waals surface area contributed by atoms with Crippen molar-refractivity contribution < 1.29 is 9.53 Å². The van der Waals surface area contributed by atoms with E-state index < -0.39 is 0 Å². The van der Waals surface area contributed by atoms with Gasteiger partial charge in [-0.15, -0.1) is 10.2 Å². The summed E-state index contributed by atoms with van der Waals surface area (Å²) in [5.41, 5.74) is 1.34. The Morgan fingerprint density at radius 3 is 2.56 bits per heavy atom. The van der Waals surface area contributed by atoms with Crippen molar-refractivity contribution in [3.63, 3.8) is 0 Å². The number of nitrogens with one attached hydrogen (secondary N) is 3. The Morgan fingerprint density at radius 2 is 1.81 bits per heavy atom. The van der Waals surface area contributed by atoms with Gasteiger partial charge in [-0.25, -0.2) is 0 Å². The van der Waals surface area contributed by atoms with E-state index in [0.717, 1.165) is 5.69 Å². The third-order valence-electron chi connectivity index (χ3n) is 3.67. The molecule has 0 aliphatic heterocycles. The zero-order valence-electron chi connectivity index (χ0n) is 14.8. The predicted octanol–water partition coefficient (Wildman–Crippen LogP) is 2.47. The maximum atomic E-state index is 12.2. The lowest BCUT2D eigenvalue weighted by atomic mass is 10.2. The van der Waals surface area contributed by atoms with Crippen LogP contribution in [-0.4, -0.2) is 41.3 Å². The fraction of sp³-hybridized carbons (Fsp3) is 0.158. The lowest BCUT2D eigenvalue weighted by Gasteiger charge is -2.10. The second kappa shape index (κ2) is 9.14. The minimum absolute atomic E-state index is 0.184. The second-order valence-electron chi connectivity index (χ2n) is 5.55. The Labute approximate surface area is 157 Å². The zero-order chi connectivity index (χ0) is 18.9. The fourth-order valence-corrected chi connectivity index (χ4v) is 2.37. The van der Waals surface area contributed by atoms with Gasteiger partial charge in [0.2, 0.25) is 0 Å². The van der Waals surface area contributed by atoms with E-state index >= 15 is 0 Å². The van der Waals surface area contributed by atoms with Crippen LogP contribution in [0.5, 0.6) is 5.75 Å². The van der Waals surface area contributed by atoms with E-state index in [9.17, 15) is 4.79 Å². The summed E-state index contributed by atoms with van der Waals surface area (Å²) in [6.07, 6.45) is 3.41. The van der Waals surface area contributed by atoms with Gasteiger partial charge >= 0.3 is 0 Å². The number of methoxy groups -OCH3 is 1. The minimum atomic E-state index is -0.184. The number of amides is 1. The van der Waals surface area contributed by atoms with Crippen molar-refractivity contribution in [2.75, 3.05) is 30.8 Å². The molecule has 0 fully saturated rings. The summed E-state index contributed by atoms with van der Waals surface area (Å²) in [4.78, 5) is 16.2. The fourth-order valence-electron chi connectivity index (χ4n) is 2.37. The van der Waals surface area contributed by atoms with E-state index in [1.165, 1.54) is 0 Å². The zero-order valence-corrected chi connectivity index (χ0v) is 14.8. The van der Waals surface area contributed by atoms with E-state index in [-0.39, 0.29) is 5.91 Å². The molecule has 0 unspecified atom stereocenters. The van der Waals surface area contributed by atoms with Gasteiger partial charge in [-0.2, -0.15) is 0 Å². The first-order valence-electron chi connectivity index (χ1n) is 8.42. The van der Waals surface area contributed by atoms with Gasteiger partial charge in [-0.05, 0) is 36.4 Å². The van der Waals surface area contributed by atoms with Crippen LogP contribution in [0.25, 0.3) is 0 Å². The van der Waals surface area contributed by atoms with Crippen LogP contribution in [0.4, 0.5) is 17.3 Å². The molecule has 1 amide bonds. The van der Waals surface area contributed by atoms with E-state index in [1.807, 2.05) is 30.3 Å². The van der Waals surface area contributed by atoms with Crippen LogP contribution in [0.1, 0.15) is 10.4 Å². The Morgan fingerprint density at radius 1 is 1.00 bits per heavy atom. The second-order valence-corrected chi connectivity index (χ2v) is 5.55. The van der Waals surface area contributed by atoms with Crippen molar-refractivity contribution in [1.82, 2.24) is 20.5 Å². The largest absolute Gasteiger partial charge is 0.496 e. The van der Waals surface area contributed by atoms with Crippen LogP contribution in [0, 0.1) is 0 Å². The Bertz CT molecular complexity index is 871. The minimum Gasteiger partial charge on any atom is -0.496 e. The summed E-state index contributed by atoms with van der Waals surface area (Å²) in [6.45, 7) is 0.958. The van der Waals surface area contributed by atoms with Crippen molar-refractivity contribution in [2.24, 2.45) is 0 Å². The van der Waals surface area contributed by atoms with Crippen molar-refractivity contribution in [3.8, 4) is 5.75 Å². The van der Waals surface area contributed by atoms with Crippen LogP contribution >= 0.6 is 0 Å². The molecule has 3 rings (SSSR count). The maximum Gasteiger partial charge on any atom is 0.255 e. The molecule has 0 saturated carbocycles.